The lowest BCUT2D eigenvalue weighted by Crippen LogP contribution is -2.28. The van der Waals surface area contributed by atoms with Gasteiger partial charge >= 0.3 is 0 Å². The van der Waals surface area contributed by atoms with Gasteiger partial charge in [-0.3, -0.25) is 4.79 Å². The number of carbonyl (C=O) groups excluding carboxylic acids is 1. The Morgan fingerprint density at radius 1 is 1.40 bits per heavy atom. The molecule has 1 aliphatic heterocycles. The Morgan fingerprint density at radius 2 is 2.15 bits per heavy atom. The molecular formula is C16H23NO2S. The number of amides is 1. The van der Waals surface area contributed by atoms with Gasteiger partial charge in [-0.05, 0) is 56.2 Å². The Morgan fingerprint density at radius 3 is 2.75 bits per heavy atom. The van der Waals surface area contributed by atoms with Crippen molar-refractivity contribution in [3.05, 3.63) is 29.8 Å². The third-order valence-electron chi connectivity index (χ3n) is 3.73. The van der Waals surface area contributed by atoms with Crippen LogP contribution in [0.2, 0.25) is 0 Å². The van der Waals surface area contributed by atoms with Crippen LogP contribution in [0.1, 0.15) is 36.0 Å². The van der Waals surface area contributed by atoms with Gasteiger partial charge in [0.2, 0.25) is 0 Å². The molecule has 1 aromatic carbocycles. The van der Waals surface area contributed by atoms with E-state index < -0.39 is 0 Å². The Balaban J connectivity index is 1.78. The van der Waals surface area contributed by atoms with Crippen molar-refractivity contribution in [2.45, 2.75) is 36.7 Å². The van der Waals surface area contributed by atoms with E-state index in [0.717, 1.165) is 31.6 Å². The summed E-state index contributed by atoms with van der Waals surface area (Å²) in [6.07, 6.45) is 6.88. The van der Waals surface area contributed by atoms with Gasteiger partial charge in [0.25, 0.3) is 5.91 Å². The molecule has 20 heavy (non-hydrogen) atoms. The zero-order chi connectivity index (χ0) is 14.4. The number of hydrogen-bond donors (Lipinski definition) is 0. The Bertz CT molecular complexity index is 427. The van der Waals surface area contributed by atoms with Crippen LogP contribution in [0, 0.1) is 0 Å². The second-order valence-electron chi connectivity index (χ2n) is 5.23. The lowest BCUT2D eigenvalue weighted by molar-refractivity contribution is 0.0763. The molecular weight excluding hydrogens is 270 g/mol. The maximum absolute atomic E-state index is 12.3. The highest BCUT2D eigenvalue weighted by molar-refractivity contribution is 7.98. The SMILES string of the molecule is CSc1ccc(C(=O)N(C)CCC[C@H]2CCCO2)cc1. The number of carbonyl (C=O) groups is 1. The molecule has 2 rings (SSSR count). The largest absolute Gasteiger partial charge is 0.378 e. The van der Waals surface area contributed by atoms with Crippen LogP contribution in [-0.2, 0) is 4.74 Å². The fraction of sp³-hybridized carbons (Fsp3) is 0.562. The minimum atomic E-state index is 0.102. The smallest absolute Gasteiger partial charge is 0.253 e. The second-order valence-corrected chi connectivity index (χ2v) is 6.11. The first-order valence-electron chi connectivity index (χ1n) is 7.22. The monoisotopic (exact) mass is 293 g/mol. The molecule has 0 saturated carbocycles. The maximum atomic E-state index is 12.3. The molecule has 1 aromatic rings. The highest BCUT2D eigenvalue weighted by Crippen LogP contribution is 2.18. The molecule has 0 bridgehead atoms. The van der Waals surface area contributed by atoms with Crippen LogP contribution >= 0.6 is 11.8 Å². The van der Waals surface area contributed by atoms with E-state index in [4.69, 9.17) is 4.74 Å². The number of ether oxygens (including phenoxy) is 1. The number of benzene rings is 1. The fourth-order valence-corrected chi connectivity index (χ4v) is 2.89. The van der Waals surface area contributed by atoms with Crippen molar-refractivity contribution >= 4 is 17.7 Å². The van der Waals surface area contributed by atoms with E-state index in [-0.39, 0.29) is 5.91 Å². The summed E-state index contributed by atoms with van der Waals surface area (Å²) in [6, 6.07) is 7.81. The van der Waals surface area contributed by atoms with Crippen molar-refractivity contribution in [3.63, 3.8) is 0 Å². The van der Waals surface area contributed by atoms with Crippen molar-refractivity contribution in [2.75, 3.05) is 26.5 Å². The quantitative estimate of drug-likeness (QED) is 0.753. The normalized spacial score (nSPS) is 18.2. The first kappa shape index (κ1) is 15.4. The highest BCUT2D eigenvalue weighted by Gasteiger charge is 2.16. The van der Waals surface area contributed by atoms with Gasteiger partial charge in [0.1, 0.15) is 0 Å². The van der Waals surface area contributed by atoms with Gasteiger partial charge in [-0.1, -0.05) is 0 Å². The van der Waals surface area contributed by atoms with Crippen molar-refractivity contribution in [3.8, 4) is 0 Å². The van der Waals surface area contributed by atoms with E-state index in [9.17, 15) is 4.79 Å². The van der Waals surface area contributed by atoms with Crippen molar-refractivity contribution in [1.29, 1.82) is 0 Å². The van der Waals surface area contributed by atoms with Gasteiger partial charge in [0.05, 0.1) is 6.10 Å². The van der Waals surface area contributed by atoms with Crippen LogP contribution in [0.4, 0.5) is 0 Å². The fourth-order valence-electron chi connectivity index (χ4n) is 2.48. The van der Waals surface area contributed by atoms with Crippen LogP contribution in [0.25, 0.3) is 0 Å². The maximum Gasteiger partial charge on any atom is 0.253 e. The molecule has 0 radical (unpaired) electrons. The topological polar surface area (TPSA) is 29.5 Å². The van der Waals surface area contributed by atoms with Crippen molar-refractivity contribution in [1.82, 2.24) is 4.90 Å². The molecule has 0 unspecified atom stereocenters. The number of nitrogens with zero attached hydrogens (tertiary/aromatic N) is 1. The molecule has 110 valence electrons. The molecule has 0 spiro atoms. The van der Waals surface area contributed by atoms with E-state index >= 15 is 0 Å². The average Bonchev–Trinajstić information content (AvgIpc) is 2.99. The third-order valence-corrected chi connectivity index (χ3v) is 4.47. The van der Waals surface area contributed by atoms with Gasteiger partial charge in [-0.15, -0.1) is 11.8 Å². The summed E-state index contributed by atoms with van der Waals surface area (Å²) < 4.78 is 5.60. The second kappa shape index (κ2) is 7.70. The summed E-state index contributed by atoms with van der Waals surface area (Å²) >= 11 is 1.69. The summed E-state index contributed by atoms with van der Waals surface area (Å²) in [7, 11) is 1.88. The average molecular weight is 293 g/mol. The summed E-state index contributed by atoms with van der Waals surface area (Å²) in [5.74, 6) is 0.102. The molecule has 0 aromatic heterocycles. The van der Waals surface area contributed by atoms with E-state index in [1.807, 2.05) is 42.5 Å². The van der Waals surface area contributed by atoms with Crippen LogP contribution in [0.3, 0.4) is 0 Å². The molecule has 1 amide bonds. The Kier molecular flexibility index (Phi) is 5.92. The van der Waals surface area contributed by atoms with Gasteiger partial charge in [0, 0.05) is 30.7 Å². The standard InChI is InChI=1S/C16H23NO2S/c1-17(11-3-5-14-6-4-12-19-14)16(18)13-7-9-15(20-2)10-8-13/h7-10,14H,3-6,11-12H2,1-2H3/t14-/m0/s1. The third kappa shape index (κ3) is 4.25. The van der Waals surface area contributed by atoms with E-state index in [1.54, 1.807) is 11.8 Å². The molecule has 3 nitrogen and oxygen atoms in total. The first-order valence-corrected chi connectivity index (χ1v) is 8.44. The van der Waals surface area contributed by atoms with Crippen LogP contribution in [0.5, 0.6) is 0 Å². The lowest BCUT2D eigenvalue weighted by atomic mass is 10.1. The lowest BCUT2D eigenvalue weighted by Gasteiger charge is -2.18. The zero-order valence-electron chi connectivity index (χ0n) is 12.3. The van der Waals surface area contributed by atoms with E-state index in [2.05, 4.69) is 0 Å². The summed E-state index contributed by atoms with van der Waals surface area (Å²) in [4.78, 5) is 15.3. The van der Waals surface area contributed by atoms with Crippen LogP contribution in [0.15, 0.2) is 29.2 Å². The molecule has 1 fully saturated rings. The Labute approximate surface area is 125 Å². The van der Waals surface area contributed by atoms with Crippen LogP contribution < -0.4 is 0 Å². The molecule has 1 aliphatic rings. The van der Waals surface area contributed by atoms with E-state index in [1.165, 1.54) is 17.7 Å². The minimum Gasteiger partial charge on any atom is -0.378 e. The van der Waals surface area contributed by atoms with Gasteiger partial charge < -0.3 is 9.64 Å². The number of rotatable bonds is 6. The minimum absolute atomic E-state index is 0.102. The number of hydrogen-bond acceptors (Lipinski definition) is 3. The molecule has 0 N–H and O–H groups in total. The van der Waals surface area contributed by atoms with Crippen molar-refractivity contribution in [2.24, 2.45) is 0 Å². The predicted molar refractivity (Wildman–Crippen MR) is 83.4 cm³/mol. The molecule has 4 heteroatoms. The highest BCUT2D eigenvalue weighted by atomic mass is 32.2. The van der Waals surface area contributed by atoms with Crippen molar-refractivity contribution < 1.29 is 9.53 Å². The molecule has 1 saturated heterocycles. The number of thioether (sulfide) groups is 1. The Hall–Kier alpha value is -1.00. The van der Waals surface area contributed by atoms with Gasteiger partial charge in [-0.2, -0.15) is 0 Å². The van der Waals surface area contributed by atoms with Gasteiger partial charge in [-0.25, -0.2) is 0 Å². The molecule has 1 heterocycles. The first-order chi connectivity index (χ1) is 9.70. The van der Waals surface area contributed by atoms with E-state index in [0.29, 0.717) is 6.10 Å². The zero-order valence-corrected chi connectivity index (χ0v) is 13.1. The molecule has 1 atom stereocenters. The molecule has 0 aliphatic carbocycles. The summed E-state index contributed by atoms with van der Waals surface area (Å²) in [5.41, 5.74) is 0.766. The summed E-state index contributed by atoms with van der Waals surface area (Å²) in [5, 5.41) is 0. The summed E-state index contributed by atoms with van der Waals surface area (Å²) in [6.45, 7) is 1.70. The predicted octanol–water partition coefficient (Wildman–Crippen LogP) is 3.44. The van der Waals surface area contributed by atoms with Crippen LogP contribution in [-0.4, -0.2) is 43.4 Å². The van der Waals surface area contributed by atoms with Gasteiger partial charge in [0.15, 0.2) is 0 Å².